The SMILES string of the molecule is CC[C@@H](C)NC(=O)[C@@H](CC)N(Cc1ccccc1C)C(=O)CCCSc1ccc(Cl)cc1. The van der Waals surface area contributed by atoms with Crippen LogP contribution < -0.4 is 5.32 Å². The van der Waals surface area contributed by atoms with E-state index in [-0.39, 0.29) is 17.9 Å². The second-order valence-corrected chi connectivity index (χ2v) is 9.70. The van der Waals surface area contributed by atoms with Crippen molar-refractivity contribution in [3.63, 3.8) is 0 Å². The number of aryl methyl sites for hydroxylation is 1. The number of benzene rings is 2. The Labute approximate surface area is 202 Å². The summed E-state index contributed by atoms with van der Waals surface area (Å²) in [6.45, 7) is 8.49. The molecule has 2 amide bonds. The molecule has 0 radical (unpaired) electrons. The van der Waals surface area contributed by atoms with Crippen LogP contribution in [0.4, 0.5) is 0 Å². The van der Waals surface area contributed by atoms with E-state index in [2.05, 4.69) is 5.32 Å². The largest absolute Gasteiger partial charge is 0.352 e. The predicted molar refractivity (Wildman–Crippen MR) is 135 cm³/mol. The summed E-state index contributed by atoms with van der Waals surface area (Å²) >= 11 is 7.66. The Hall–Kier alpha value is -1.98. The first-order chi connectivity index (χ1) is 15.3. The molecule has 174 valence electrons. The topological polar surface area (TPSA) is 49.4 Å². The first-order valence-corrected chi connectivity index (χ1v) is 12.7. The number of carbonyl (C=O) groups excluding carboxylic acids is 2. The fraction of sp³-hybridized carbons (Fsp3) is 0.462. The van der Waals surface area contributed by atoms with E-state index in [9.17, 15) is 9.59 Å². The highest BCUT2D eigenvalue weighted by atomic mass is 35.5. The summed E-state index contributed by atoms with van der Waals surface area (Å²) in [7, 11) is 0. The van der Waals surface area contributed by atoms with Crippen molar-refractivity contribution in [2.24, 2.45) is 0 Å². The molecule has 0 aromatic heterocycles. The molecule has 4 nitrogen and oxygen atoms in total. The number of rotatable bonds is 12. The number of thioether (sulfide) groups is 1. The zero-order chi connectivity index (χ0) is 23.5. The maximum Gasteiger partial charge on any atom is 0.243 e. The van der Waals surface area contributed by atoms with Gasteiger partial charge in [-0.25, -0.2) is 0 Å². The minimum atomic E-state index is -0.472. The summed E-state index contributed by atoms with van der Waals surface area (Å²) in [5.74, 6) is 0.789. The van der Waals surface area contributed by atoms with Gasteiger partial charge >= 0.3 is 0 Å². The van der Waals surface area contributed by atoms with Crippen molar-refractivity contribution in [1.29, 1.82) is 0 Å². The van der Waals surface area contributed by atoms with Gasteiger partial charge in [-0.2, -0.15) is 0 Å². The number of nitrogens with zero attached hydrogens (tertiary/aromatic N) is 1. The molecular weight excluding hydrogens is 440 g/mol. The Morgan fingerprint density at radius 3 is 2.38 bits per heavy atom. The number of carbonyl (C=O) groups is 2. The molecule has 0 heterocycles. The van der Waals surface area contributed by atoms with Crippen LogP contribution in [-0.4, -0.2) is 34.6 Å². The molecule has 6 heteroatoms. The van der Waals surface area contributed by atoms with Crippen molar-refractivity contribution in [2.45, 2.75) is 76.9 Å². The Kier molecular flexibility index (Phi) is 11.1. The Balaban J connectivity index is 2.07. The number of hydrogen-bond donors (Lipinski definition) is 1. The molecule has 0 aliphatic rings. The van der Waals surface area contributed by atoms with Gasteiger partial charge < -0.3 is 10.2 Å². The van der Waals surface area contributed by atoms with Crippen LogP contribution in [0.25, 0.3) is 0 Å². The van der Waals surface area contributed by atoms with Crippen LogP contribution in [0, 0.1) is 6.92 Å². The molecular formula is C26H35ClN2O2S. The van der Waals surface area contributed by atoms with Crippen molar-refractivity contribution in [2.75, 3.05) is 5.75 Å². The highest BCUT2D eigenvalue weighted by Gasteiger charge is 2.29. The smallest absolute Gasteiger partial charge is 0.243 e. The highest BCUT2D eigenvalue weighted by Crippen LogP contribution is 2.22. The average molecular weight is 475 g/mol. The summed E-state index contributed by atoms with van der Waals surface area (Å²) in [5, 5.41) is 3.78. The van der Waals surface area contributed by atoms with Gasteiger partial charge in [0.25, 0.3) is 0 Å². The molecule has 0 fully saturated rings. The summed E-state index contributed by atoms with van der Waals surface area (Å²) in [6, 6.07) is 15.4. The molecule has 0 spiro atoms. The maximum atomic E-state index is 13.3. The molecule has 0 saturated carbocycles. The van der Waals surface area contributed by atoms with Crippen LogP contribution >= 0.6 is 23.4 Å². The first-order valence-electron chi connectivity index (χ1n) is 11.4. The lowest BCUT2D eigenvalue weighted by atomic mass is 10.0. The molecule has 1 N–H and O–H groups in total. The Morgan fingerprint density at radius 1 is 1.06 bits per heavy atom. The van der Waals surface area contributed by atoms with Crippen molar-refractivity contribution in [1.82, 2.24) is 10.2 Å². The van der Waals surface area contributed by atoms with Crippen molar-refractivity contribution in [3.05, 3.63) is 64.7 Å². The molecule has 2 rings (SSSR count). The second-order valence-electron chi connectivity index (χ2n) is 8.10. The molecule has 32 heavy (non-hydrogen) atoms. The van der Waals surface area contributed by atoms with Crippen molar-refractivity contribution in [3.8, 4) is 0 Å². The molecule has 0 aliphatic heterocycles. The number of halogens is 1. The molecule has 2 aromatic carbocycles. The van der Waals surface area contributed by atoms with Gasteiger partial charge in [0.15, 0.2) is 0 Å². The van der Waals surface area contributed by atoms with E-state index in [1.54, 1.807) is 16.7 Å². The molecule has 0 saturated heterocycles. The van der Waals surface area contributed by atoms with E-state index >= 15 is 0 Å². The summed E-state index contributed by atoms with van der Waals surface area (Å²) in [6.07, 6.45) is 2.61. The lowest BCUT2D eigenvalue weighted by Gasteiger charge is -2.32. The van der Waals surface area contributed by atoms with Crippen molar-refractivity contribution >= 4 is 35.2 Å². The maximum absolute atomic E-state index is 13.3. The Morgan fingerprint density at radius 2 is 1.75 bits per heavy atom. The lowest BCUT2D eigenvalue weighted by Crippen LogP contribution is -2.50. The fourth-order valence-electron chi connectivity index (χ4n) is 3.42. The fourth-order valence-corrected chi connectivity index (χ4v) is 4.40. The lowest BCUT2D eigenvalue weighted by molar-refractivity contribution is -0.141. The van der Waals surface area contributed by atoms with Gasteiger partial charge in [-0.15, -0.1) is 11.8 Å². The first kappa shape index (κ1) is 26.3. The van der Waals surface area contributed by atoms with E-state index in [4.69, 9.17) is 11.6 Å². The van der Waals surface area contributed by atoms with E-state index in [0.717, 1.165) is 39.6 Å². The number of hydrogen-bond acceptors (Lipinski definition) is 3. The summed E-state index contributed by atoms with van der Waals surface area (Å²) in [4.78, 5) is 29.2. The van der Waals surface area contributed by atoms with Crippen LogP contribution in [0.2, 0.25) is 5.02 Å². The van der Waals surface area contributed by atoms with Crippen LogP contribution in [0.15, 0.2) is 53.4 Å². The number of amides is 2. The predicted octanol–water partition coefficient (Wildman–Crippen LogP) is 6.24. The zero-order valence-electron chi connectivity index (χ0n) is 19.6. The van der Waals surface area contributed by atoms with E-state index in [1.807, 2.05) is 76.2 Å². The van der Waals surface area contributed by atoms with Gasteiger partial charge in [-0.3, -0.25) is 9.59 Å². The Bertz CT molecular complexity index is 872. The molecule has 0 aliphatic carbocycles. The normalized spacial score (nSPS) is 12.8. The van der Waals surface area contributed by atoms with Gasteiger partial charge in [0.05, 0.1) is 0 Å². The molecule has 0 unspecified atom stereocenters. The number of nitrogens with one attached hydrogen (secondary N) is 1. The van der Waals surface area contributed by atoms with Crippen LogP contribution in [0.1, 0.15) is 57.6 Å². The second kappa shape index (κ2) is 13.5. The van der Waals surface area contributed by atoms with E-state index < -0.39 is 6.04 Å². The quantitative estimate of drug-likeness (QED) is 0.292. The third-order valence-corrected chi connectivity index (χ3v) is 6.96. The highest BCUT2D eigenvalue weighted by molar-refractivity contribution is 7.99. The summed E-state index contributed by atoms with van der Waals surface area (Å²) < 4.78 is 0. The summed E-state index contributed by atoms with van der Waals surface area (Å²) in [5.41, 5.74) is 2.20. The van der Waals surface area contributed by atoms with E-state index in [0.29, 0.717) is 19.4 Å². The molecule has 0 bridgehead atoms. The monoisotopic (exact) mass is 474 g/mol. The van der Waals surface area contributed by atoms with Gasteiger partial charge in [-0.1, -0.05) is 49.7 Å². The molecule has 2 aromatic rings. The van der Waals surface area contributed by atoms with Crippen molar-refractivity contribution < 1.29 is 9.59 Å². The third-order valence-electron chi connectivity index (χ3n) is 5.61. The minimum absolute atomic E-state index is 0.0242. The zero-order valence-corrected chi connectivity index (χ0v) is 21.1. The van der Waals surface area contributed by atoms with Crippen LogP contribution in [0.5, 0.6) is 0 Å². The van der Waals surface area contributed by atoms with E-state index in [1.165, 1.54) is 0 Å². The van der Waals surface area contributed by atoms with Gasteiger partial charge in [-0.05, 0) is 74.3 Å². The average Bonchev–Trinajstić information content (AvgIpc) is 2.78. The standard InChI is InChI=1S/C26H35ClN2O2S/c1-5-20(4)28-26(31)24(6-2)29(18-21-11-8-7-10-19(21)3)25(30)12-9-17-32-23-15-13-22(27)14-16-23/h7-8,10-11,13-16,20,24H,5-6,9,12,17-18H2,1-4H3,(H,28,31)/t20-,24-/m1/s1. The van der Waals surface area contributed by atoms with Crippen LogP contribution in [-0.2, 0) is 16.1 Å². The minimum Gasteiger partial charge on any atom is -0.352 e. The van der Waals surface area contributed by atoms with Gasteiger partial charge in [0.1, 0.15) is 6.04 Å². The van der Waals surface area contributed by atoms with Gasteiger partial charge in [0.2, 0.25) is 11.8 Å². The molecule has 2 atom stereocenters. The van der Waals surface area contributed by atoms with Gasteiger partial charge in [0, 0.05) is 28.9 Å². The third kappa shape index (κ3) is 8.18. The van der Waals surface area contributed by atoms with Crippen LogP contribution in [0.3, 0.4) is 0 Å².